The summed E-state index contributed by atoms with van der Waals surface area (Å²) < 4.78 is 32.4. The molecule has 1 saturated heterocycles. The van der Waals surface area contributed by atoms with E-state index in [9.17, 15) is 23.7 Å². The molecule has 5 saturated carbocycles. The van der Waals surface area contributed by atoms with Crippen molar-refractivity contribution < 1.29 is 28.5 Å². The van der Waals surface area contributed by atoms with Gasteiger partial charge in [0.1, 0.15) is 5.25 Å². The second-order valence-corrected chi connectivity index (χ2v) is 18.6. The number of aliphatic hydroxyl groups excluding tert-OH is 2. The van der Waals surface area contributed by atoms with Crippen LogP contribution in [0.1, 0.15) is 99.8 Å². The van der Waals surface area contributed by atoms with Gasteiger partial charge in [-0.1, -0.05) is 34.6 Å². The van der Waals surface area contributed by atoms with E-state index >= 15 is 0 Å². The average Bonchev–Trinajstić information content (AvgIpc) is 3.40. The molecule has 13 atom stereocenters. The molecule has 218 valence electrons. The zero-order chi connectivity index (χ0) is 28.1. The molecule has 38 heavy (non-hydrogen) atoms. The van der Waals surface area contributed by atoms with E-state index < -0.39 is 39.0 Å². The molecule has 0 bridgehead atoms. The maximum atomic E-state index is 12.9. The number of ether oxygens (including phenoxy) is 1. The van der Waals surface area contributed by atoms with Crippen molar-refractivity contribution in [3.63, 3.8) is 0 Å². The lowest BCUT2D eigenvalue weighted by Crippen LogP contribution is -2.59. The minimum absolute atomic E-state index is 0.0702. The molecular formula is C31H52O6S. The Bertz CT molecular complexity index is 1110. The van der Waals surface area contributed by atoms with Gasteiger partial charge in [-0.05, 0) is 111 Å². The third kappa shape index (κ3) is 3.12. The summed E-state index contributed by atoms with van der Waals surface area (Å²) in [7, 11) is -3.58. The van der Waals surface area contributed by atoms with Crippen molar-refractivity contribution in [2.45, 2.75) is 135 Å². The van der Waals surface area contributed by atoms with E-state index in [1.54, 1.807) is 13.8 Å². The van der Waals surface area contributed by atoms with E-state index in [0.29, 0.717) is 18.3 Å². The molecule has 1 aliphatic heterocycles. The molecule has 6 aliphatic rings. The summed E-state index contributed by atoms with van der Waals surface area (Å²) >= 11 is 0. The van der Waals surface area contributed by atoms with E-state index in [1.807, 2.05) is 0 Å². The van der Waals surface area contributed by atoms with Gasteiger partial charge in [0.25, 0.3) is 0 Å². The first kappa shape index (κ1) is 27.9. The Morgan fingerprint density at radius 2 is 1.55 bits per heavy atom. The highest BCUT2D eigenvalue weighted by molar-refractivity contribution is 7.91. The van der Waals surface area contributed by atoms with Gasteiger partial charge in [-0.3, -0.25) is 0 Å². The number of hydrogen-bond acceptors (Lipinski definition) is 6. The van der Waals surface area contributed by atoms with Crippen LogP contribution in [-0.2, 0) is 14.6 Å². The molecule has 6 fully saturated rings. The van der Waals surface area contributed by atoms with E-state index in [1.165, 1.54) is 19.1 Å². The molecule has 6 nitrogen and oxygen atoms in total. The predicted octanol–water partition coefficient (Wildman–Crippen LogP) is 4.34. The van der Waals surface area contributed by atoms with Crippen LogP contribution in [-0.4, -0.2) is 65.3 Å². The first-order chi connectivity index (χ1) is 17.3. The molecular weight excluding hydrogens is 500 g/mol. The van der Waals surface area contributed by atoms with Crippen molar-refractivity contribution in [1.29, 1.82) is 0 Å². The van der Waals surface area contributed by atoms with Gasteiger partial charge in [0.15, 0.2) is 9.84 Å². The normalized spacial score (nSPS) is 56.1. The molecule has 5 aliphatic carbocycles. The largest absolute Gasteiger partial charge is 0.393 e. The van der Waals surface area contributed by atoms with Crippen molar-refractivity contribution >= 4 is 9.84 Å². The van der Waals surface area contributed by atoms with Gasteiger partial charge in [-0.25, -0.2) is 8.42 Å². The smallest absolute Gasteiger partial charge is 0.155 e. The lowest BCUT2D eigenvalue weighted by molar-refractivity contribution is -0.182. The van der Waals surface area contributed by atoms with Gasteiger partial charge >= 0.3 is 0 Å². The monoisotopic (exact) mass is 552 g/mol. The number of hydrogen-bond donors (Lipinski definition) is 3. The van der Waals surface area contributed by atoms with Gasteiger partial charge in [0, 0.05) is 11.7 Å². The van der Waals surface area contributed by atoms with Crippen LogP contribution >= 0.6 is 0 Å². The fourth-order valence-corrected chi connectivity index (χ4v) is 14.5. The van der Waals surface area contributed by atoms with Crippen LogP contribution in [0.4, 0.5) is 0 Å². The predicted molar refractivity (Wildman–Crippen MR) is 147 cm³/mol. The molecule has 0 amide bonds. The van der Waals surface area contributed by atoms with Crippen LogP contribution in [0.15, 0.2) is 0 Å². The summed E-state index contributed by atoms with van der Waals surface area (Å²) in [5, 5.41) is 33.1. The van der Waals surface area contributed by atoms with Crippen LogP contribution in [0.5, 0.6) is 0 Å². The topological polar surface area (TPSA) is 104 Å². The number of rotatable bonds is 3. The van der Waals surface area contributed by atoms with Crippen LogP contribution in [0, 0.1) is 50.7 Å². The maximum Gasteiger partial charge on any atom is 0.155 e. The quantitative estimate of drug-likeness (QED) is 0.481. The van der Waals surface area contributed by atoms with Crippen LogP contribution in [0.2, 0.25) is 0 Å². The summed E-state index contributed by atoms with van der Waals surface area (Å²) in [6.07, 6.45) is 7.47. The summed E-state index contributed by atoms with van der Waals surface area (Å²) in [6, 6.07) is 0. The Labute approximate surface area is 230 Å². The summed E-state index contributed by atoms with van der Waals surface area (Å²) in [6.45, 7) is 14.6. The molecule has 1 heterocycles. The van der Waals surface area contributed by atoms with Gasteiger partial charge in [-0.2, -0.15) is 0 Å². The van der Waals surface area contributed by atoms with Gasteiger partial charge in [-0.15, -0.1) is 0 Å². The Kier molecular flexibility index (Phi) is 5.72. The van der Waals surface area contributed by atoms with Gasteiger partial charge in [0.2, 0.25) is 0 Å². The first-order valence-electron chi connectivity index (χ1n) is 15.2. The highest BCUT2D eigenvalue weighted by Crippen LogP contribution is 2.89. The minimum atomic E-state index is -3.58. The van der Waals surface area contributed by atoms with Crippen LogP contribution in [0.3, 0.4) is 0 Å². The number of sulfone groups is 1. The zero-order valence-corrected chi connectivity index (χ0v) is 25.6. The zero-order valence-electron chi connectivity index (χ0n) is 24.8. The number of aliphatic hydroxyl groups is 3. The molecule has 4 unspecified atom stereocenters. The van der Waals surface area contributed by atoms with Crippen molar-refractivity contribution in [3.8, 4) is 0 Å². The minimum Gasteiger partial charge on any atom is -0.393 e. The second-order valence-electron chi connectivity index (χ2n) is 16.5. The molecule has 6 rings (SSSR count). The molecule has 0 aromatic rings. The fourth-order valence-electron chi connectivity index (χ4n) is 12.8. The van der Waals surface area contributed by atoms with Crippen LogP contribution < -0.4 is 0 Å². The van der Waals surface area contributed by atoms with Crippen molar-refractivity contribution in [2.24, 2.45) is 50.7 Å². The third-order valence-corrected chi connectivity index (χ3v) is 16.1. The average molecular weight is 553 g/mol. The second kappa shape index (κ2) is 7.79. The van der Waals surface area contributed by atoms with Gasteiger partial charge in [0.05, 0.1) is 30.0 Å². The summed E-state index contributed by atoms with van der Waals surface area (Å²) in [5.41, 5.74) is -1.38. The Balaban J connectivity index is 1.37. The Morgan fingerprint density at radius 3 is 2.16 bits per heavy atom. The molecule has 3 N–H and O–H groups in total. The maximum absolute atomic E-state index is 12.9. The van der Waals surface area contributed by atoms with E-state index in [2.05, 4.69) is 34.6 Å². The van der Waals surface area contributed by atoms with Crippen LogP contribution in [0.25, 0.3) is 0 Å². The lowest BCUT2D eigenvalue weighted by atomic mass is 9.41. The molecule has 2 spiro atoms. The molecule has 0 aromatic carbocycles. The third-order valence-electron chi connectivity index (χ3n) is 14.3. The van der Waals surface area contributed by atoms with Crippen molar-refractivity contribution in [3.05, 3.63) is 0 Å². The van der Waals surface area contributed by atoms with Crippen molar-refractivity contribution in [2.75, 3.05) is 6.26 Å². The first-order valence-corrected chi connectivity index (χ1v) is 17.2. The molecule has 0 aromatic heterocycles. The van der Waals surface area contributed by atoms with E-state index in [4.69, 9.17) is 4.74 Å². The fraction of sp³-hybridized carbons (Fsp3) is 1.00. The Morgan fingerprint density at radius 1 is 0.947 bits per heavy atom. The van der Waals surface area contributed by atoms with E-state index in [-0.39, 0.29) is 45.0 Å². The molecule has 7 heteroatoms. The Hall–Kier alpha value is -0.210. The summed E-state index contributed by atoms with van der Waals surface area (Å²) in [4.78, 5) is 0. The van der Waals surface area contributed by atoms with Crippen molar-refractivity contribution in [1.82, 2.24) is 0 Å². The molecule has 0 radical (unpaired) electrons. The number of fused-ring (bicyclic) bond motifs is 4. The van der Waals surface area contributed by atoms with Gasteiger partial charge < -0.3 is 20.1 Å². The highest BCUT2D eigenvalue weighted by Gasteiger charge is 2.84. The SMILES string of the molecule is C[C@@H]1CC([C@@H](C(C)(C)O)S(C)(=O)=O)OC2[C@H]1[C@@]1(C)CC[C@@]34C[C@@]35CCC(O)C(C)(C)[C@@H]5CCC4[C@]1(C)[C@H]2O. The lowest BCUT2D eigenvalue weighted by Gasteiger charge is -2.63. The summed E-state index contributed by atoms with van der Waals surface area (Å²) in [5.74, 6) is 1.29. The standard InChI is InChI=1S/C31H52O6S/c1-17-15-18(25(27(4,5)34)38(8,35)36)37-23-22(17)28(6)13-14-31-16-30(31)12-11-21(32)26(2,3)19(30)9-10-20(31)29(28,7)24(23)33/h17-25,32-34H,9-16H2,1-8H3/t17-,18?,19+,20?,21?,22+,23?,24+,25+,28-,29-,30-,31+/m1/s1. The van der Waals surface area contributed by atoms with E-state index in [0.717, 1.165) is 32.1 Å². The highest BCUT2D eigenvalue weighted by atomic mass is 32.2.